The quantitative estimate of drug-likeness (QED) is 0.391. The van der Waals surface area contributed by atoms with Crippen molar-refractivity contribution < 1.29 is 10.2 Å². The summed E-state index contributed by atoms with van der Waals surface area (Å²) in [5.74, 6) is 0. The Morgan fingerprint density at radius 3 is 1.86 bits per heavy atom. The maximum Gasteiger partial charge on any atom is 0.130 e. The van der Waals surface area contributed by atoms with Gasteiger partial charge < -0.3 is 10.2 Å². The van der Waals surface area contributed by atoms with Gasteiger partial charge in [-0.05, 0) is 14.0 Å². The summed E-state index contributed by atoms with van der Waals surface area (Å²) >= 11 is 0. The number of likely N-dealkylation sites (N-methyl/N-ethyl adjacent to an activating group) is 1. The van der Waals surface area contributed by atoms with Crippen molar-refractivity contribution >= 4 is 0 Å². The summed E-state index contributed by atoms with van der Waals surface area (Å²) in [6, 6.07) is 0. The third-order valence-electron chi connectivity index (χ3n) is 0.753. The lowest BCUT2D eigenvalue weighted by Gasteiger charge is -2.10. The molecule has 0 aromatic carbocycles. The highest BCUT2D eigenvalue weighted by atomic mass is 16.3. The van der Waals surface area contributed by atoms with Crippen LogP contribution in [0.25, 0.3) is 0 Å². The summed E-state index contributed by atoms with van der Waals surface area (Å²) in [4.78, 5) is 0. The minimum atomic E-state index is -0.792. The minimum Gasteiger partial charge on any atom is -0.389 e. The molecule has 0 fully saturated rings. The molecular formula is C4H11NO2. The molecule has 3 N–H and O–H groups in total. The number of hydrogen-bond donors (Lipinski definition) is 3. The van der Waals surface area contributed by atoms with Crippen LogP contribution in [0.3, 0.4) is 0 Å². The molecule has 0 amide bonds. The van der Waals surface area contributed by atoms with Gasteiger partial charge in [-0.3, -0.25) is 5.32 Å². The van der Waals surface area contributed by atoms with Crippen LogP contribution >= 0.6 is 0 Å². The molecule has 7 heavy (non-hydrogen) atoms. The lowest BCUT2D eigenvalue weighted by atomic mass is 10.4. The van der Waals surface area contributed by atoms with Crippen molar-refractivity contribution in [2.24, 2.45) is 0 Å². The van der Waals surface area contributed by atoms with Gasteiger partial charge in [0.05, 0.1) is 6.10 Å². The largest absolute Gasteiger partial charge is 0.389 e. The Morgan fingerprint density at radius 2 is 1.86 bits per heavy atom. The molecule has 0 rings (SSSR count). The molecule has 0 aromatic rings. The number of nitrogens with one attached hydrogen (secondary N) is 1. The van der Waals surface area contributed by atoms with Crippen molar-refractivity contribution in [2.45, 2.75) is 19.3 Å². The zero-order valence-electron chi connectivity index (χ0n) is 4.55. The third-order valence-corrected chi connectivity index (χ3v) is 0.753. The van der Waals surface area contributed by atoms with Crippen LogP contribution in [-0.4, -0.2) is 29.6 Å². The highest BCUT2D eigenvalue weighted by Crippen LogP contribution is 1.82. The molecule has 0 aliphatic rings. The van der Waals surface area contributed by atoms with Gasteiger partial charge in [0.2, 0.25) is 0 Å². The van der Waals surface area contributed by atoms with Crippen molar-refractivity contribution in [2.75, 3.05) is 7.05 Å². The number of rotatable bonds is 2. The first-order valence-corrected chi connectivity index (χ1v) is 2.22. The van der Waals surface area contributed by atoms with Gasteiger partial charge in [0.1, 0.15) is 6.23 Å². The maximum atomic E-state index is 8.57. The van der Waals surface area contributed by atoms with E-state index in [2.05, 4.69) is 5.32 Å². The number of aliphatic hydroxyl groups excluding tert-OH is 2. The lowest BCUT2D eigenvalue weighted by Crippen LogP contribution is -2.34. The fourth-order valence-electron chi connectivity index (χ4n) is 0.241. The Bertz CT molecular complexity index is 47.0. The van der Waals surface area contributed by atoms with E-state index in [4.69, 9.17) is 10.2 Å². The maximum absolute atomic E-state index is 8.57. The van der Waals surface area contributed by atoms with Crippen LogP contribution in [0, 0.1) is 0 Å². The van der Waals surface area contributed by atoms with E-state index in [0.717, 1.165) is 0 Å². The van der Waals surface area contributed by atoms with E-state index in [1.54, 1.807) is 7.05 Å². The zero-order valence-corrected chi connectivity index (χ0v) is 4.55. The molecule has 0 saturated heterocycles. The van der Waals surface area contributed by atoms with Gasteiger partial charge in [0, 0.05) is 0 Å². The van der Waals surface area contributed by atoms with Gasteiger partial charge in [-0.1, -0.05) is 0 Å². The Kier molecular flexibility index (Phi) is 2.91. The van der Waals surface area contributed by atoms with Crippen LogP contribution in [-0.2, 0) is 0 Å². The van der Waals surface area contributed by atoms with Crippen LogP contribution in [0.15, 0.2) is 0 Å². The van der Waals surface area contributed by atoms with Gasteiger partial charge >= 0.3 is 0 Å². The molecule has 0 aliphatic heterocycles. The van der Waals surface area contributed by atoms with Crippen molar-refractivity contribution in [1.82, 2.24) is 5.32 Å². The third kappa shape index (κ3) is 2.56. The predicted octanol–water partition coefficient (Wildman–Crippen LogP) is -1.10. The molecule has 0 heterocycles. The lowest BCUT2D eigenvalue weighted by molar-refractivity contribution is 0.0145. The zero-order chi connectivity index (χ0) is 5.86. The van der Waals surface area contributed by atoms with E-state index in [0.29, 0.717) is 0 Å². The average Bonchev–Trinajstić information content (AvgIpc) is 1.65. The predicted molar refractivity (Wildman–Crippen MR) is 26.7 cm³/mol. The molecule has 2 atom stereocenters. The van der Waals surface area contributed by atoms with Crippen LogP contribution in [0.1, 0.15) is 6.92 Å². The average molecular weight is 105 g/mol. The molecule has 44 valence electrons. The topological polar surface area (TPSA) is 52.5 Å². The molecule has 0 spiro atoms. The van der Waals surface area contributed by atoms with Crippen molar-refractivity contribution in [3.8, 4) is 0 Å². The second-order valence-corrected chi connectivity index (χ2v) is 1.47. The molecule has 0 saturated carbocycles. The Morgan fingerprint density at radius 1 is 1.43 bits per heavy atom. The van der Waals surface area contributed by atoms with Gasteiger partial charge in [-0.25, -0.2) is 0 Å². The van der Waals surface area contributed by atoms with E-state index in [1.807, 2.05) is 0 Å². The SMILES string of the molecule is CNC(O)[C@@H](C)O. The molecule has 0 aliphatic carbocycles. The summed E-state index contributed by atoms with van der Waals surface area (Å²) in [6.45, 7) is 1.52. The Labute approximate surface area is 43.0 Å². The highest BCUT2D eigenvalue weighted by Gasteiger charge is 2.04. The summed E-state index contributed by atoms with van der Waals surface area (Å²) in [5, 5.41) is 19.6. The van der Waals surface area contributed by atoms with E-state index < -0.39 is 12.3 Å². The van der Waals surface area contributed by atoms with E-state index in [-0.39, 0.29) is 0 Å². The summed E-state index contributed by atoms with van der Waals surface area (Å²) in [6.07, 6.45) is -1.48. The van der Waals surface area contributed by atoms with Crippen molar-refractivity contribution in [3.63, 3.8) is 0 Å². The molecular weight excluding hydrogens is 94.0 g/mol. The Balaban J connectivity index is 3.14. The van der Waals surface area contributed by atoms with Gasteiger partial charge in [0.25, 0.3) is 0 Å². The first kappa shape index (κ1) is 6.88. The molecule has 0 bridgehead atoms. The van der Waals surface area contributed by atoms with Crippen molar-refractivity contribution in [3.05, 3.63) is 0 Å². The molecule has 3 nitrogen and oxygen atoms in total. The second kappa shape index (κ2) is 2.96. The smallest absolute Gasteiger partial charge is 0.130 e. The number of hydrogen-bond acceptors (Lipinski definition) is 3. The number of aliphatic hydroxyl groups is 2. The molecule has 1 unspecified atom stereocenters. The first-order valence-electron chi connectivity index (χ1n) is 2.22. The monoisotopic (exact) mass is 105 g/mol. The van der Waals surface area contributed by atoms with Gasteiger partial charge in [-0.2, -0.15) is 0 Å². The fourth-order valence-corrected chi connectivity index (χ4v) is 0.241. The first-order chi connectivity index (χ1) is 3.18. The summed E-state index contributed by atoms with van der Waals surface area (Å²) < 4.78 is 0. The van der Waals surface area contributed by atoms with Crippen molar-refractivity contribution in [1.29, 1.82) is 0 Å². The van der Waals surface area contributed by atoms with Crippen LogP contribution in [0.2, 0.25) is 0 Å². The Hall–Kier alpha value is -0.120. The van der Waals surface area contributed by atoms with E-state index in [9.17, 15) is 0 Å². The van der Waals surface area contributed by atoms with Crippen LogP contribution in [0.4, 0.5) is 0 Å². The molecule has 3 heteroatoms. The molecule has 0 aromatic heterocycles. The minimum absolute atomic E-state index is 0.690. The summed E-state index contributed by atoms with van der Waals surface area (Å²) in [5.41, 5.74) is 0. The normalized spacial score (nSPS) is 18.9. The van der Waals surface area contributed by atoms with E-state index >= 15 is 0 Å². The van der Waals surface area contributed by atoms with Crippen LogP contribution in [0.5, 0.6) is 0 Å². The van der Waals surface area contributed by atoms with Crippen LogP contribution < -0.4 is 5.32 Å². The van der Waals surface area contributed by atoms with E-state index in [1.165, 1.54) is 6.92 Å². The highest BCUT2D eigenvalue weighted by molar-refractivity contribution is 4.53. The van der Waals surface area contributed by atoms with Gasteiger partial charge in [0.15, 0.2) is 0 Å². The standard InChI is InChI=1S/C4H11NO2/c1-3(6)4(7)5-2/h3-7H,1-2H3/t3-,4?/m1/s1. The molecule has 0 radical (unpaired) electrons. The summed E-state index contributed by atoms with van der Waals surface area (Å²) in [7, 11) is 1.58. The second-order valence-electron chi connectivity index (χ2n) is 1.47. The van der Waals surface area contributed by atoms with Gasteiger partial charge in [-0.15, -0.1) is 0 Å². The fraction of sp³-hybridized carbons (Fsp3) is 1.00.